The van der Waals surface area contributed by atoms with Gasteiger partial charge in [-0.25, -0.2) is 0 Å². The number of hydrogen-bond donors (Lipinski definition) is 0. The highest BCUT2D eigenvalue weighted by Crippen LogP contribution is 2.39. The number of rotatable bonds is 1. The first kappa shape index (κ1) is 16.2. The minimum Gasteiger partial charge on any atom is -1.00 e. The van der Waals surface area contributed by atoms with E-state index in [1.54, 1.807) is 0 Å². The summed E-state index contributed by atoms with van der Waals surface area (Å²) in [5, 5.41) is 5.39. The number of nitrogens with zero attached hydrogens (tertiary/aromatic N) is 1. The largest absolute Gasteiger partial charge is 1.00 e. The van der Waals surface area contributed by atoms with Crippen LogP contribution in [-0.2, 0) is 13.1 Å². The summed E-state index contributed by atoms with van der Waals surface area (Å²) < 4.78 is 1.03. The van der Waals surface area contributed by atoms with E-state index in [-0.39, 0.29) is 17.0 Å². The molecule has 0 atom stereocenters. The van der Waals surface area contributed by atoms with E-state index in [4.69, 9.17) is 0 Å². The number of hydrogen-bond acceptors (Lipinski definition) is 0. The van der Waals surface area contributed by atoms with Gasteiger partial charge in [0.25, 0.3) is 0 Å². The summed E-state index contributed by atoms with van der Waals surface area (Å²) in [4.78, 5) is 0. The molecule has 0 bridgehead atoms. The summed E-state index contributed by atoms with van der Waals surface area (Å²) in [6.07, 6.45) is 0. The van der Waals surface area contributed by atoms with Crippen molar-refractivity contribution in [3.8, 4) is 0 Å². The number of halogens is 1. The summed E-state index contributed by atoms with van der Waals surface area (Å²) in [7, 11) is 4.62. The molecule has 3 aromatic carbocycles. The van der Waals surface area contributed by atoms with Crippen molar-refractivity contribution in [3.05, 3.63) is 65.7 Å². The monoisotopic (exact) mass is 367 g/mol. The van der Waals surface area contributed by atoms with E-state index in [1.807, 2.05) is 0 Å². The van der Waals surface area contributed by atoms with Gasteiger partial charge in [-0.3, -0.25) is 0 Å². The summed E-state index contributed by atoms with van der Waals surface area (Å²) >= 11 is 0. The van der Waals surface area contributed by atoms with Gasteiger partial charge in [-0.05, 0) is 45.7 Å². The van der Waals surface area contributed by atoms with E-state index in [2.05, 4.69) is 70.1 Å². The van der Waals surface area contributed by atoms with Gasteiger partial charge in [-0.2, -0.15) is 0 Å². The number of quaternary nitrogens is 1. The predicted octanol–water partition coefficient (Wildman–Crippen LogP) is 2.12. The summed E-state index contributed by atoms with van der Waals surface area (Å²) in [5.74, 6) is 0. The molecule has 0 saturated carbocycles. The molecule has 1 aliphatic heterocycles. The first-order chi connectivity index (χ1) is 10.5. The Labute approximate surface area is 148 Å². The smallest absolute Gasteiger partial charge is 0.105 e. The molecule has 0 aromatic heterocycles. The van der Waals surface area contributed by atoms with Crippen LogP contribution in [0.4, 0.5) is 0 Å². The SMILES string of the molecule is C=C(C)c1c2c(cc3c1ccc1ccccc13)C[N+](C)(C)C2.[Br-]. The summed E-state index contributed by atoms with van der Waals surface area (Å²) in [6, 6.07) is 15.6. The van der Waals surface area contributed by atoms with Gasteiger partial charge in [0.15, 0.2) is 0 Å². The van der Waals surface area contributed by atoms with Crippen molar-refractivity contribution in [2.75, 3.05) is 14.1 Å². The molecule has 0 saturated heterocycles. The first-order valence-corrected chi connectivity index (χ1v) is 7.90. The zero-order chi connectivity index (χ0) is 15.5. The highest BCUT2D eigenvalue weighted by molar-refractivity contribution is 6.11. The molecule has 2 heteroatoms. The van der Waals surface area contributed by atoms with Gasteiger partial charge < -0.3 is 21.5 Å². The Morgan fingerprint density at radius 3 is 2.43 bits per heavy atom. The van der Waals surface area contributed by atoms with Gasteiger partial charge in [-0.15, -0.1) is 0 Å². The predicted molar refractivity (Wildman–Crippen MR) is 95.7 cm³/mol. The summed E-state index contributed by atoms with van der Waals surface area (Å²) in [6.45, 7) is 8.62. The van der Waals surface area contributed by atoms with Crippen LogP contribution >= 0.6 is 0 Å². The molecular formula is C21H22BrN. The molecule has 1 nitrogen and oxygen atoms in total. The van der Waals surface area contributed by atoms with Crippen LogP contribution in [0.1, 0.15) is 23.6 Å². The maximum absolute atomic E-state index is 4.27. The summed E-state index contributed by atoms with van der Waals surface area (Å²) in [5.41, 5.74) is 5.55. The van der Waals surface area contributed by atoms with Gasteiger partial charge in [0.2, 0.25) is 0 Å². The molecule has 0 unspecified atom stereocenters. The minimum atomic E-state index is 0. The zero-order valence-electron chi connectivity index (χ0n) is 14.0. The highest BCUT2D eigenvalue weighted by Gasteiger charge is 2.31. The zero-order valence-corrected chi connectivity index (χ0v) is 15.6. The fraction of sp³-hybridized carbons (Fsp3) is 0.238. The Hall–Kier alpha value is -1.64. The lowest BCUT2D eigenvalue weighted by atomic mass is 9.89. The lowest BCUT2D eigenvalue weighted by molar-refractivity contribution is -0.910. The highest BCUT2D eigenvalue weighted by atomic mass is 79.9. The van der Waals surface area contributed by atoms with Gasteiger partial charge in [0, 0.05) is 11.1 Å². The molecule has 0 N–H and O–H groups in total. The Bertz CT molecular complexity index is 937. The fourth-order valence-electron chi connectivity index (χ4n) is 4.01. The molecule has 0 amide bonds. The number of benzene rings is 3. The van der Waals surface area contributed by atoms with Crippen LogP contribution in [0.5, 0.6) is 0 Å². The van der Waals surface area contributed by atoms with Crippen LogP contribution in [0.15, 0.2) is 49.0 Å². The Morgan fingerprint density at radius 2 is 1.70 bits per heavy atom. The molecule has 0 spiro atoms. The Balaban J connectivity index is 0.00000156. The molecular weight excluding hydrogens is 346 g/mol. The van der Waals surface area contributed by atoms with Crippen molar-refractivity contribution < 1.29 is 21.5 Å². The molecule has 0 fully saturated rings. The second kappa shape index (κ2) is 5.47. The lowest BCUT2D eigenvalue weighted by Gasteiger charge is -2.22. The third-order valence-electron chi connectivity index (χ3n) is 4.86. The second-order valence-corrected chi connectivity index (χ2v) is 7.30. The van der Waals surface area contributed by atoms with E-state index in [1.165, 1.54) is 43.8 Å². The van der Waals surface area contributed by atoms with Crippen molar-refractivity contribution in [2.45, 2.75) is 20.0 Å². The van der Waals surface area contributed by atoms with Crippen molar-refractivity contribution in [1.82, 2.24) is 0 Å². The number of allylic oxidation sites excluding steroid dienone is 1. The molecule has 0 radical (unpaired) electrons. The van der Waals surface area contributed by atoms with Gasteiger partial charge in [0.1, 0.15) is 13.1 Å². The van der Waals surface area contributed by atoms with Crippen LogP contribution in [0.3, 0.4) is 0 Å². The minimum absolute atomic E-state index is 0. The van der Waals surface area contributed by atoms with Crippen LogP contribution in [0.25, 0.3) is 27.1 Å². The van der Waals surface area contributed by atoms with Crippen LogP contribution < -0.4 is 17.0 Å². The molecule has 23 heavy (non-hydrogen) atoms. The third kappa shape index (κ3) is 2.50. The standard InChI is InChI=1S/C21H22N.BrH/c1-14(2)21-18-10-9-15-7-5-6-8-17(15)19(18)11-16-12-22(3,4)13-20(16)21;/h5-11H,1,12-13H2,2-4H3;1H/q+1;/p-1. The van der Waals surface area contributed by atoms with Crippen molar-refractivity contribution in [3.63, 3.8) is 0 Å². The van der Waals surface area contributed by atoms with E-state index in [0.29, 0.717) is 0 Å². The maximum atomic E-state index is 4.27. The Morgan fingerprint density at radius 1 is 0.957 bits per heavy atom. The van der Waals surface area contributed by atoms with Crippen molar-refractivity contribution in [1.29, 1.82) is 0 Å². The van der Waals surface area contributed by atoms with Crippen LogP contribution in [-0.4, -0.2) is 18.6 Å². The molecule has 1 heterocycles. The molecule has 3 aromatic rings. The molecule has 4 rings (SSSR count). The Kier molecular flexibility index (Phi) is 3.86. The lowest BCUT2D eigenvalue weighted by Crippen LogP contribution is -3.00. The van der Waals surface area contributed by atoms with Crippen LogP contribution in [0.2, 0.25) is 0 Å². The van der Waals surface area contributed by atoms with E-state index >= 15 is 0 Å². The van der Waals surface area contributed by atoms with Crippen molar-refractivity contribution in [2.24, 2.45) is 0 Å². The van der Waals surface area contributed by atoms with Gasteiger partial charge in [-0.1, -0.05) is 43.0 Å². The molecule has 1 aliphatic rings. The van der Waals surface area contributed by atoms with Gasteiger partial charge in [0.05, 0.1) is 14.1 Å². The topological polar surface area (TPSA) is 0 Å². The third-order valence-corrected chi connectivity index (χ3v) is 4.86. The molecule has 0 aliphatic carbocycles. The second-order valence-electron chi connectivity index (χ2n) is 7.30. The van der Waals surface area contributed by atoms with Gasteiger partial charge >= 0.3 is 0 Å². The number of fused-ring (bicyclic) bond motifs is 4. The molecule has 118 valence electrons. The van der Waals surface area contributed by atoms with Crippen molar-refractivity contribution >= 4 is 27.1 Å². The average molecular weight is 368 g/mol. The quantitative estimate of drug-likeness (QED) is 0.456. The van der Waals surface area contributed by atoms with E-state index in [0.717, 1.165) is 17.6 Å². The van der Waals surface area contributed by atoms with Crippen LogP contribution in [0, 0.1) is 0 Å². The fourth-order valence-corrected chi connectivity index (χ4v) is 4.01. The average Bonchev–Trinajstić information content (AvgIpc) is 2.77. The maximum Gasteiger partial charge on any atom is 0.105 e. The van der Waals surface area contributed by atoms with E-state index in [9.17, 15) is 0 Å². The normalized spacial score (nSPS) is 15.4. The first-order valence-electron chi connectivity index (χ1n) is 7.90. The van der Waals surface area contributed by atoms with E-state index < -0.39 is 0 Å².